The normalized spacial score (nSPS) is 17.0. The van der Waals surface area contributed by atoms with E-state index in [1.54, 1.807) is 11.1 Å². The van der Waals surface area contributed by atoms with E-state index in [-0.39, 0.29) is 31.1 Å². The fourth-order valence-corrected chi connectivity index (χ4v) is 2.98. The monoisotopic (exact) mass is 369 g/mol. The number of amides is 1. The van der Waals surface area contributed by atoms with Crippen molar-refractivity contribution in [2.24, 2.45) is 0 Å². The summed E-state index contributed by atoms with van der Waals surface area (Å²) in [6.45, 7) is 5.57. The van der Waals surface area contributed by atoms with Gasteiger partial charge in [-0.2, -0.15) is 5.26 Å². The Morgan fingerprint density at radius 1 is 1.44 bits per heavy atom. The summed E-state index contributed by atoms with van der Waals surface area (Å²) in [6, 6.07) is 9.63. The van der Waals surface area contributed by atoms with Gasteiger partial charge in [0.25, 0.3) is 0 Å². The van der Waals surface area contributed by atoms with E-state index >= 15 is 0 Å². The lowest BCUT2D eigenvalue weighted by atomic mass is 10.1. The van der Waals surface area contributed by atoms with Gasteiger partial charge in [-0.05, 0) is 37.4 Å². The van der Waals surface area contributed by atoms with E-state index in [4.69, 9.17) is 19.5 Å². The summed E-state index contributed by atoms with van der Waals surface area (Å²) in [5.41, 5.74) is 0. The molecule has 1 amide bonds. The standard InChI is InChI=1S/C20H23N3O4/c1-14(2)27-16-4-3-15-6-8-22-20(18(15)11-16)26-13-17-12-23(9-10-25-17)19(24)5-7-21/h3-4,6,8,11,14,17H,5,9-10,12-13H2,1-2H3/t17-/m1/s1. The fourth-order valence-electron chi connectivity index (χ4n) is 2.98. The van der Waals surface area contributed by atoms with Gasteiger partial charge in [-0.3, -0.25) is 4.79 Å². The maximum Gasteiger partial charge on any atom is 0.236 e. The predicted molar refractivity (Wildman–Crippen MR) is 99.6 cm³/mol. The van der Waals surface area contributed by atoms with Gasteiger partial charge in [-0.25, -0.2) is 4.98 Å². The third-order valence-corrected chi connectivity index (χ3v) is 4.20. The van der Waals surface area contributed by atoms with Crippen molar-refractivity contribution in [1.82, 2.24) is 9.88 Å². The van der Waals surface area contributed by atoms with Crippen LogP contribution >= 0.6 is 0 Å². The maximum atomic E-state index is 11.9. The summed E-state index contributed by atoms with van der Waals surface area (Å²) < 4.78 is 17.4. The van der Waals surface area contributed by atoms with Gasteiger partial charge in [-0.1, -0.05) is 6.07 Å². The number of rotatable bonds is 6. The van der Waals surface area contributed by atoms with Crippen LogP contribution in [0.25, 0.3) is 10.8 Å². The third-order valence-electron chi connectivity index (χ3n) is 4.20. The van der Waals surface area contributed by atoms with Crippen LogP contribution in [0.4, 0.5) is 0 Å². The summed E-state index contributed by atoms with van der Waals surface area (Å²) in [5, 5.41) is 10.6. The van der Waals surface area contributed by atoms with Gasteiger partial charge in [0.15, 0.2) is 0 Å². The Balaban J connectivity index is 1.69. The van der Waals surface area contributed by atoms with Crippen LogP contribution in [0.15, 0.2) is 30.5 Å². The van der Waals surface area contributed by atoms with Crippen LogP contribution in [-0.4, -0.2) is 54.3 Å². The molecule has 1 aliphatic heterocycles. The zero-order chi connectivity index (χ0) is 19.2. The van der Waals surface area contributed by atoms with Gasteiger partial charge in [0, 0.05) is 18.1 Å². The first-order valence-electron chi connectivity index (χ1n) is 9.01. The molecule has 2 heterocycles. The van der Waals surface area contributed by atoms with E-state index in [1.165, 1.54) is 0 Å². The number of pyridine rings is 1. The minimum Gasteiger partial charge on any atom is -0.491 e. The second kappa shape index (κ2) is 8.69. The largest absolute Gasteiger partial charge is 0.491 e. The van der Waals surface area contributed by atoms with Gasteiger partial charge in [0.1, 0.15) is 24.9 Å². The van der Waals surface area contributed by atoms with Gasteiger partial charge >= 0.3 is 0 Å². The molecule has 0 N–H and O–H groups in total. The molecule has 1 atom stereocenters. The highest BCUT2D eigenvalue weighted by Gasteiger charge is 2.24. The van der Waals surface area contributed by atoms with Crippen LogP contribution in [0.1, 0.15) is 20.3 Å². The van der Waals surface area contributed by atoms with E-state index in [0.717, 1.165) is 16.5 Å². The molecule has 1 saturated heterocycles. The van der Waals surface area contributed by atoms with Gasteiger partial charge < -0.3 is 19.1 Å². The molecule has 0 saturated carbocycles. The smallest absolute Gasteiger partial charge is 0.236 e. The molecule has 3 rings (SSSR count). The number of nitriles is 1. The minimum atomic E-state index is -0.256. The van der Waals surface area contributed by atoms with E-state index in [0.29, 0.717) is 25.6 Å². The summed E-state index contributed by atoms with van der Waals surface area (Å²) in [7, 11) is 0. The molecule has 142 valence electrons. The molecule has 1 aromatic carbocycles. The Bertz CT molecular complexity index is 847. The molecule has 0 radical (unpaired) electrons. The van der Waals surface area contributed by atoms with Crippen LogP contribution in [0.3, 0.4) is 0 Å². The van der Waals surface area contributed by atoms with E-state index in [2.05, 4.69) is 4.98 Å². The van der Waals surface area contributed by atoms with Crippen molar-refractivity contribution in [2.75, 3.05) is 26.3 Å². The van der Waals surface area contributed by atoms with Crippen LogP contribution in [0.5, 0.6) is 11.6 Å². The lowest BCUT2D eigenvalue weighted by Crippen LogP contribution is -2.47. The molecule has 0 aliphatic carbocycles. The highest BCUT2D eigenvalue weighted by molar-refractivity contribution is 5.88. The zero-order valence-electron chi connectivity index (χ0n) is 15.6. The van der Waals surface area contributed by atoms with Gasteiger partial charge in [0.2, 0.25) is 11.8 Å². The van der Waals surface area contributed by atoms with Crippen molar-refractivity contribution in [2.45, 2.75) is 32.5 Å². The summed E-state index contributed by atoms with van der Waals surface area (Å²) in [6.07, 6.45) is 1.41. The first kappa shape index (κ1) is 18.9. The van der Waals surface area contributed by atoms with Gasteiger partial charge in [-0.15, -0.1) is 0 Å². The number of hydrogen-bond acceptors (Lipinski definition) is 6. The van der Waals surface area contributed by atoms with Gasteiger partial charge in [0.05, 0.1) is 25.3 Å². The van der Waals surface area contributed by atoms with Crippen molar-refractivity contribution in [3.8, 4) is 17.7 Å². The molecule has 1 aromatic heterocycles. The number of carbonyl (C=O) groups excluding carboxylic acids is 1. The van der Waals surface area contributed by atoms with Crippen molar-refractivity contribution < 1.29 is 19.0 Å². The second-order valence-corrected chi connectivity index (χ2v) is 6.64. The Morgan fingerprint density at radius 2 is 2.30 bits per heavy atom. The van der Waals surface area contributed by atoms with Crippen molar-refractivity contribution in [3.05, 3.63) is 30.5 Å². The Hall–Kier alpha value is -2.85. The second-order valence-electron chi connectivity index (χ2n) is 6.64. The number of ether oxygens (including phenoxy) is 3. The van der Waals surface area contributed by atoms with Crippen molar-refractivity contribution in [3.63, 3.8) is 0 Å². The molecule has 7 heteroatoms. The van der Waals surface area contributed by atoms with E-state index < -0.39 is 0 Å². The predicted octanol–water partition coefficient (Wildman–Crippen LogP) is 2.54. The number of morpholine rings is 1. The topological polar surface area (TPSA) is 84.7 Å². The lowest BCUT2D eigenvalue weighted by Gasteiger charge is -2.32. The SMILES string of the molecule is CC(C)Oc1ccc2ccnc(OC[C@H]3CN(C(=O)CC#N)CCO3)c2c1. The average Bonchev–Trinajstić information content (AvgIpc) is 2.66. The summed E-state index contributed by atoms with van der Waals surface area (Å²) in [4.78, 5) is 17.9. The molecular weight excluding hydrogens is 346 g/mol. The number of hydrogen-bond donors (Lipinski definition) is 0. The molecule has 2 aromatic rings. The van der Waals surface area contributed by atoms with Crippen molar-refractivity contribution >= 4 is 16.7 Å². The number of carbonyl (C=O) groups is 1. The highest BCUT2D eigenvalue weighted by atomic mass is 16.5. The molecule has 7 nitrogen and oxygen atoms in total. The van der Waals surface area contributed by atoms with Crippen LogP contribution < -0.4 is 9.47 Å². The Kier molecular flexibility index (Phi) is 6.09. The first-order chi connectivity index (χ1) is 13.1. The fraction of sp³-hybridized carbons (Fsp3) is 0.450. The first-order valence-corrected chi connectivity index (χ1v) is 9.01. The quantitative estimate of drug-likeness (QED) is 0.778. The lowest BCUT2D eigenvalue weighted by molar-refractivity contribution is -0.138. The Morgan fingerprint density at radius 3 is 3.07 bits per heavy atom. The molecule has 1 fully saturated rings. The van der Waals surface area contributed by atoms with Crippen LogP contribution in [0.2, 0.25) is 0 Å². The maximum absolute atomic E-state index is 11.9. The van der Waals surface area contributed by atoms with E-state index in [1.807, 2.05) is 44.2 Å². The average molecular weight is 369 g/mol. The number of fused-ring (bicyclic) bond motifs is 1. The summed E-state index contributed by atoms with van der Waals surface area (Å²) in [5.74, 6) is 1.09. The third kappa shape index (κ3) is 4.86. The molecule has 0 unspecified atom stereocenters. The number of benzene rings is 1. The van der Waals surface area contributed by atoms with Crippen LogP contribution in [-0.2, 0) is 9.53 Å². The van der Waals surface area contributed by atoms with E-state index in [9.17, 15) is 4.79 Å². The minimum absolute atomic E-state index is 0.0797. The molecular formula is C20H23N3O4. The molecule has 0 spiro atoms. The number of nitrogens with zero attached hydrogens (tertiary/aromatic N) is 3. The van der Waals surface area contributed by atoms with Crippen molar-refractivity contribution in [1.29, 1.82) is 5.26 Å². The van der Waals surface area contributed by atoms with Crippen LogP contribution in [0, 0.1) is 11.3 Å². The summed E-state index contributed by atoms with van der Waals surface area (Å²) >= 11 is 0. The Labute approximate surface area is 158 Å². The number of aromatic nitrogens is 1. The molecule has 0 bridgehead atoms. The highest BCUT2D eigenvalue weighted by Crippen LogP contribution is 2.28. The molecule has 1 aliphatic rings. The zero-order valence-corrected chi connectivity index (χ0v) is 15.6. The molecule has 27 heavy (non-hydrogen) atoms.